The number of benzene rings is 3. The highest BCUT2D eigenvalue weighted by atomic mass is 35.5. The average Bonchev–Trinajstić information content (AvgIpc) is 3.43. The molecule has 1 aromatic heterocycles. The number of piperazine rings is 1. The molecule has 0 spiro atoms. The number of nitrogens with one attached hydrogen (secondary N) is 1. The molecule has 1 fully saturated rings. The van der Waals surface area contributed by atoms with E-state index < -0.39 is 0 Å². The molecule has 0 bridgehead atoms. The van der Waals surface area contributed by atoms with Crippen LogP contribution in [0.1, 0.15) is 20.9 Å². The van der Waals surface area contributed by atoms with E-state index in [1.165, 1.54) is 6.26 Å². The van der Waals surface area contributed by atoms with Gasteiger partial charge in [0, 0.05) is 31.9 Å². The normalized spacial score (nSPS) is 13.7. The maximum atomic E-state index is 13.0. The number of furan rings is 1. The first-order chi connectivity index (χ1) is 17.0. The lowest BCUT2D eigenvalue weighted by Gasteiger charge is -2.36. The fourth-order valence-electron chi connectivity index (χ4n) is 4.31. The minimum Gasteiger partial charge on any atom is -0.496 e. The predicted molar refractivity (Wildman–Crippen MR) is 137 cm³/mol. The molecule has 178 valence electrons. The molecule has 8 heteroatoms. The van der Waals surface area contributed by atoms with Gasteiger partial charge in [-0.3, -0.25) is 9.59 Å². The van der Waals surface area contributed by atoms with Gasteiger partial charge in [0.2, 0.25) is 0 Å². The molecule has 0 atom stereocenters. The number of nitrogens with zero attached hydrogens (tertiary/aromatic N) is 2. The van der Waals surface area contributed by atoms with Crippen molar-refractivity contribution in [3.8, 4) is 5.75 Å². The van der Waals surface area contributed by atoms with Crippen molar-refractivity contribution in [3.63, 3.8) is 0 Å². The lowest BCUT2D eigenvalue weighted by molar-refractivity contribution is 0.0714. The Bertz CT molecular complexity index is 1380. The third-order valence-electron chi connectivity index (χ3n) is 6.16. The van der Waals surface area contributed by atoms with E-state index in [1.807, 2.05) is 48.5 Å². The molecule has 5 rings (SSSR count). The largest absolute Gasteiger partial charge is 0.496 e. The summed E-state index contributed by atoms with van der Waals surface area (Å²) in [6.07, 6.45) is 1.50. The van der Waals surface area contributed by atoms with Crippen molar-refractivity contribution in [2.75, 3.05) is 43.5 Å². The first-order valence-electron chi connectivity index (χ1n) is 11.3. The summed E-state index contributed by atoms with van der Waals surface area (Å²) in [4.78, 5) is 29.4. The zero-order chi connectivity index (χ0) is 24.4. The molecule has 2 heterocycles. The molecule has 35 heavy (non-hydrogen) atoms. The van der Waals surface area contributed by atoms with E-state index in [9.17, 15) is 9.59 Å². The Balaban J connectivity index is 1.27. The van der Waals surface area contributed by atoms with Crippen LogP contribution in [0.15, 0.2) is 77.4 Å². The molecule has 3 aromatic carbocycles. The van der Waals surface area contributed by atoms with Crippen molar-refractivity contribution >= 4 is 45.6 Å². The van der Waals surface area contributed by atoms with E-state index in [-0.39, 0.29) is 11.8 Å². The maximum absolute atomic E-state index is 13.0. The van der Waals surface area contributed by atoms with Crippen molar-refractivity contribution in [1.82, 2.24) is 4.90 Å². The molecular weight excluding hydrogens is 466 g/mol. The maximum Gasteiger partial charge on any atom is 0.289 e. The molecular formula is C27H24ClN3O4. The standard InChI is InChI=1S/C27H24ClN3O4/c1-34-25-16-19-6-3-2-5-18(19)15-21(25)26(32)29-20-8-9-23(22(28)17-20)30-10-12-31(13-11-30)27(33)24-7-4-14-35-24/h2-9,14-17H,10-13H2,1H3,(H,29,32). The van der Waals surface area contributed by atoms with Gasteiger partial charge < -0.3 is 24.3 Å². The molecule has 1 N–H and O–H groups in total. The summed E-state index contributed by atoms with van der Waals surface area (Å²) >= 11 is 6.60. The monoisotopic (exact) mass is 489 g/mol. The average molecular weight is 490 g/mol. The number of fused-ring (bicyclic) bond motifs is 1. The Morgan fingerprint density at radius 1 is 0.943 bits per heavy atom. The van der Waals surface area contributed by atoms with Crippen LogP contribution < -0.4 is 15.0 Å². The molecule has 2 amide bonds. The van der Waals surface area contributed by atoms with Crippen LogP contribution in [0.3, 0.4) is 0 Å². The number of anilines is 2. The number of rotatable bonds is 5. The Morgan fingerprint density at radius 2 is 1.69 bits per heavy atom. The zero-order valence-corrected chi connectivity index (χ0v) is 19.9. The summed E-state index contributed by atoms with van der Waals surface area (Å²) in [5.41, 5.74) is 1.90. The second-order valence-corrected chi connectivity index (χ2v) is 8.68. The highest BCUT2D eigenvalue weighted by Crippen LogP contribution is 2.31. The lowest BCUT2D eigenvalue weighted by atomic mass is 10.1. The highest BCUT2D eigenvalue weighted by Gasteiger charge is 2.25. The topological polar surface area (TPSA) is 75.0 Å². The highest BCUT2D eigenvalue weighted by molar-refractivity contribution is 6.33. The Morgan fingerprint density at radius 3 is 2.34 bits per heavy atom. The van der Waals surface area contributed by atoms with Gasteiger partial charge >= 0.3 is 0 Å². The molecule has 0 aliphatic carbocycles. The number of ether oxygens (including phenoxy) is 1. The third-order valence-corrected chi connectivity index (χ3v) is 6.46. The van der Waals surface area contributed by atoms with Gasteiger partial charge in [-0.2, -0.15) is 0 Å². The van der Waals surface area contributed by atoms with Gasteiger partial charge in [-0.1, -0.05) is 35.9 Å². The number of carbonyl (C=O) groups excluding carboxylic acids is 2. The lowest BCUT2D eigenvalue weighted by Crippen LogP contribution is -2.48. The van der Waals surface area contributed by atoms with Gasteiger partial charge in [-0.15, -0.1) is 0 Å². The fourth-order valence-corrected chi connectivity index (χ4v) is 4.61. The summed E-state index contributed by atoms with van der Waals surface area (Å²) in [6, 6.07) is 20.3. The smallest absolute Gasteiger partial charge is 0.289 e. The van der Waals surface area contributed by atoms with Crippen LogP contribution in [0.25, 0.3) is 10.8 Å². The number of carbonyl (C=O) groups is 2. The van der Waals surface area contributed by atoms with E-state index >= 15 is 0 Å². The summed E-state index contributed by atoms with van der Waals surface area (Å²) in [5.74, 6) is 0.468. The summed E-state index contributed by atoms with van der Waals surface area (Å²) < 4.78 is 10.7. The van der Waals surface area contributed by atoms with Crippen LogP contribution in [-0.4, -0.2) is 50.0 Å². The second kappa shape index (κ2) is 9.72. The second-order valence-electron chi connectivity index (χ2n) is 8.28. The van der Waals surface area contributed by atoms with Gasteiger partial charge in [0.15, 0.2) is 5.76 Å². The summed E-state index contributed by atoms with van der Waals surface area (Å²) in [5, 5.41) is 5.40. The molecule has 7 nitrogen and oxygen atoms in total. The number of methoxy groups -OCH3 is 1. The van der Waals surface area contributed by atoms with Crippen LogP contribution in [-0.2, 0) is 0 Å². The Kier molecular flexibility index (Phi) is 6.33. The number of hydrogen-bond donors (Lipinski definition) is 1. The van der Waals surface area contributed by atoms with Crippen LogP contribution in [0.5, 0.6) is 5.75 Å². The van der Waals surface area contributed by atoms with E-state index in [0.717, 1.165) is 16.5 Å². The first-order valence-corrected chi connectivity index (χ1v) is 11.7. The number of halogens is 1. The van der Waals surface area contributed by atoms with Gasteiger partial charge in [-0.05, 0) is 53.2 Å². The molecule has 1 aliphatic rings. The molecule has 0 saturated carbocycles. The third kappa shape index (κ3) is 4.68. The Labute approximate surface area is 207 Å². The summed E-state index contributed by atoms with van der Waals surface area (Å²) in [6.45, 7) is 2.42. The zero-order valence-electron chi connectivity index (χ0n) is 19.2. The van der Waals surface area contributed by atoms with Crippen molar-refractivity contribution < 1.29 is 18.7 Å². The Hall–Kier alpha value is -3.97. The van der Waals surface area contributed by atoms with Gasteiger partial charge in [-0.25, -0.2) is 0 Å². The molecule has 0 radical (unpaired) electrons. The molecule has 0 unspecified atom stereocenters. The van der Waals surface area contributed by atoms with Gasteiger partial charge in [0.1, 0.15) is 5.75 Å². The van der Waals surface area contributed by atoms with Crippen LogP contribution in [0, 0.1) is 0 Å². The molecule has 4 aromatic rings. The van der Waals surface area contributed by atoms with Crippen LogP contribution >= 0.6 is 11.6 Å². The van der Waals surface area contributed by atoms with Gasteiger partial charge in [0.05, 0.1) is 29.6 Å². The van der Waals surface area contributed by atoms with Crippen molar-refractivity contribution in [1.29, 1.82) is 0 Å². The minimum atomic E-state index is -0.276. The predicted octanol–water partition coefficient (Wildman–Crippen LogP) is 5.31. The van der Waals surface area contributed by atoms with Crippen molar-refractivity contribution in [2.24, 2.45) is 0 Å². The van der Waals surface area contributed by atoms with Gasteiger partial charge in [0.25, 0.3) is 11.8 Å². The minimum absolute atomic E-state index is 0.108. The van der Waals surface area contributed by atoms with Crippen LogP contribution in [0.4, 0.5) is 11.4 Å². The molecule has 1 saturated heterocycles. The van der Waals surface area contributed by atoms with Crippen molar-refractivity contribution in [2.45, 2.75) is 0 Å². The SMILES string of the molecule is COc1cc2ccccc2cc1C(=O)Nc1ccc(N2CCN(C(=O)c3ccco3)CC2)c(Cl)c1. The summed E-state index contributed by atoms with van der Waals surface area (Å²) in [7, 11) is 1.55. The van der Waals surface area contributed by atoms with Crippen molar-refractivity contribution in [3.05, 3.63) is 89.3 Å². The van der Waals surface area contributed by atoms with E-state index in [4.69, 9.17) is 20.8 Å². The quantitative estimate of drug-likeness (QED) is 0.411. The van der Waals surface area contributed by atoms with E-state index in [0.29, 0.717) is 54.0 Å². The first kappa shape index (κ1) is 22.8. The van der Waals surface area contributed by atoms with E-state index in [1.54, 1.807) is 30.2 Å². The number of hydrogen-bond acceptors (Lipinski definition) is 5. The number of amides is 2. The van der Waals surface area contributed by atoms with E-state index in [2.05, 4.69) is 10.2 Å². The fraction of sp³-hybridized carbons (Fsp3) is 0.185. The van der Waals surface area contributed by atoms with Crippen LogP contribution in [0.2, 0.25) is 5.02 Å². The molecule has 1 aliphatic heterocycles.